The molecule has 0 radical (unpaired) electrons. The van der Waals surface area contributed by atoms with Crippen molar-refractivity contribution in [2.75, 3.05) is 13.7 Å². The lowest BCUT2D eigenvalue weighted by Gasteiger charge is -2.31. The monoisotopic (exact) mass is 424 g/mol. The summed E-state index contributed by atoms with van der Waals surface area (Å²) in [6.07, 6.45) is 0.830. The Bertz CT molecular complexity index is 875. The Kier molecular flexibility index (Phi) is 9.10. The van der Waals surface area contributed by atoms with Crippen molar-refractivity contribution in [2.45, 2.75) is 60.0 Å². The molecular formula is C26H36N2O3. The predicted molar refractivity (Wildman–Crippen MR) is 125 cm³/mol. The van der Waals surface area contributed by atoms with E-state index in [-0.39, 0.29) is 18.2 Å². The molecular weight excluding hydrogens is 388 g/mol. The van der Waals surface area contributed by atoms with Crippen molar-refractivity contribution in [3.8, 4) is 5.75 Å². The highest BCUT2D eigenvalue weighted by molar-refractivity contribution is 5.88. The first-order valence-electron chi connectivity index (χ1n) is 11.0. The smallest absolute Gasteiger partial charge is 0.242 e. The van der Waals surface area contributed by atoms with E-state index in [1.807, 2.05) is 57.2 Å². The minimum Gasteiger partial charge on any atom is -0.497 e. The zero-order valence-corrected chi connectivity index (χ0v) is 19.7. The molecule has 1 N–H and O–H groups in total. The molecule has 0 spiro atoms. The van der Waals surface area contributed by atoms with Gasteiger partial charge in [-0.3, -0.25) is 9.59 Å². The fraction of sp³-hybridized carbons (Fsp3) is 0.462. The Morgan fingerprint density at radius 3 is 2.32 bits per heavy atom. The summed E-state index contributed by atoms with van der Waals surface area (Å²) in [6.45, 7) is 11.1. The van der Waals surface area contributed by atoms with E-state index >= 15 is 0 Å². The third-order valence-electron chi connectivity index (χ3n) is 5.43. The van der Waals surface area contributed by atoms with Gasteiger partial charge < -0.3 is 15.0 Å². The van der Waals surface area contributed by atoms with Gasteiger partial charge in [0.15, 0.2) is 0 Å². The van der Waals surface area contributed by atoms with E-state index in [1.54, 1.807) is 12.0 Å². The lowest BCUT2D eigenvalue weighted by molar-refractivity contribution is -0.141. The van der Waals surface area contributed by atoms with Crippen LogP contribution >= 0.6 is 0 Å². The summed E-state index contributed by atoms with van der Waals surface area (Å²) in [4.78, 5) is 28.2. The van der Waals surface area contributed by atoms with E-state index < -0.39 is 6.04 Å². The normalized spacial score (nSPS) is 11.8. The summed E-state index contributed by atoms with van der Waals surface area (Å²) in [7, 11) is 1.63. The minimum absolute atomic E-state index is 0.0453. The summed E-state index contributed by atoms with van der Waals surface area (Å²) in [5, 5.41) is 3.00. The first-order chi connectivity index (χ1) is 14.7. The fourth-order valence-corrected chi connectivity index (χ4v) is 3.52. The van der Waals surface area contributed by atoms with Crippen LogP contribution in [0.4, 0.5) is 0 Å². The van der Waals surface area contributed by atoms with Crippen LogP contribution in [0.1, 0.15) is 49.4 Å². The molecule has 0 aliphatic heterocycles. The molecule has 0 aliphatic rings. The number of benzene rings is 2. The molecule has 0 heterocycles. The van der Waals surface area contributed by atoms with Crippen LogP contribution in [-0.2, 0) is 22.6 Å². The summed E-state index contributed by atoms with van der Waals surface area (Å²) in [5.74, 6) is 0.968. The molecule has 0 saturated heterocycles. The second-order valence-corrected chi connectivity index (χ2v) is 8.54. The molecule has 0 fully saturated rings. The van der Waals surface area contributed by atoms with Crippen molar-refractivity contribution in [1.82, 2.24) is 10.2 Å². The number of rotatable bonds is 10. The van der Waals surface area contributed by atoms with E-state index in [0.29, 0.717) is 25.4 Å². The fourth-order valence-electron chi connectivity index (χ4n) is 3.52. The maximum atomic E-state index is 13.5. The van der Waals surface area contributed by atoms with E-state index in [9.17, 15) is 9.59 Å². The molecule has 5 heteroatoms. The Balaban J connectivity index is 2.30. The van der Waals surface area contributed by atoms with Gasteiger partial charge in [-0.05, 0) is 55.0 Å². The van der Waals surface area contributed by atoms with E-state index in [1.165, 1.54) is 0 Å². The van der Waals surface area contributed by atoms with Crippen LogP contribution in [0.15, 0.2) is 42.5 Å². The SMILES string of the molecule is CC[C@H](C(=O)NCC(C)C)N(Cc1ccc(OC)cc1)C(=O)Cc1cc(C)ccc1C. The van der Waals surface area contributed by atoms with Gasteiger partial charge in [0.05, 0.1) is 13.5 Å². The zero-order chi connectivity index (χ0) is 23.0. The standard InChI is InChI=1S/C26H36N2O3/c1-7-24(26(30)27-16-18(2)3)28(17-21-10-12-23(31-6)13-11-21)25(29)15-22-14-19(4)8-9-20(22)5/h8-14,18,24H,7,15-17H2,1-6H3,(H,27,30)/t24-/m1/s1. The first-order valence-corrected chi connectivity index (χ1v) is 11.0. The quantitative estimate of drug-likeness (QED) is 0.614. The highest BCUT2D eigenvalue weighted by Crippen LogP contribution is 2.19. The molecule has 5 nitrogen and oxygen atoms in total. The average Bonchev–Trinajstić information content (AvgIpc) is 2.75. The zero-order valence-electron chi connectivity index (χ0n) is 19.7. The van der Waals surface area contributed by atoms with Gasteiger partial charge in [-0.25, -0.2) is 0 Å². The number of hydrogen-bond donors (Lipinski definition) is 1. The molecule has 2 aromatic carbocycles. The molecule has 31 heavy (non-hydrogen) atoms. The Morgan fingerprint density at radius 1 is 1.06 bits per heavy atom. The van der Waals surface area contributed by atoms with Gasteiger partial charge in [0, 0.05) is 13.1 Å². The summed E-state index contributed by atoms with van der Waals surface area (Å²) in [6, 6.07) is 13.3. The molecule has 1 atom stereocenters. The maximum absolute atomic E-state index is 13.5. The van der Waals surface area contributed by atoms with Crippen LogP contribution in [0.3, 0.4) is 0 Å². The van der Waals surface area contributed by atoms with Crippen LogP contribution < -0.4 is 10.1 Å². The number of amides is 2. The van der Waals surface area contributed by atoms with Gasteiger partial charge in [-0.1, -0.05) is 56.7 Å². The van der Waals surface area contributed by atoms with Crippen LogP contribution in [0, 0.1) is 19.8 Å². The predicted octanol–water partition coefficient (Wildman–Crippen LogP) is 4.43. The molecule has 2 aromatic rings. The van der Waals surface area contributed by atoms with Crippen molar-refractivity contribution < 1.29 is 14.3 Å². The molecule has 168 valence electrons. The number of nitrogens with one attached hydrogen (secondary N) is 1. The summed E-state index contributed by atoms with van der Waals surface area (Å²) in [5.41, 5.74) is 4.17. The van der Waals surface area contributed by atoms with Gasteiger partial charge >= 0.3 is 0 Å². The lowest BCUT2D eigenvalue weighted by Crippen LogP contribution is -2.50. The van der Waals surface area contributed by atoms with Crippen molar-refractivity contribution in [3.05, 3.63) is 64.7 Å². The van der Waals surface area contributed by atoms with E-state index in [2.05, 4.69) is 25.2 Å². The number of ether oxygens (including phenoxy) is 1. The van der Waals surface area contributed by atoms with Crippen LogP contribution in [0.25, 0.3) is 0 Å². The maximum Gasteiger partial charge on any atom is 0.242 e. The Hall–Kier alpha value is -2.82. The summed E-state index contributed by atoms with van der Waals surface area (Å²) < 4.78 is 5.24. The summed E-state index contributed by atoms with van der Waals surface area (Å²) >= 11 is 0. The molecule has 0 aliphatic carbocycles. The van der Waals surface area contributed by atoms with Gasteiger partial charge in [-0.15, -0.1) is 0 Å². The van der Waals surface area contributed by atoms with Crippen molar-refractivity contribution >= 4 is 11.8 Å². The van der Waals surface area contributed by atoms with Crippen molar-refractivity contribution in [3.63, 3.8) is 0 Å². The highest BCUT2D eigenvalue weighted by atomic mass is 16.5. The molecule has 0 unspecified atom stereocenters. The van der Waals surface area contributed by atoms with Crippen LogP contribution in [0.5, 0.6) is 5.75 Å². The Labute approximate surface area is 186 Å². The van der Waals surface area contributed by atoms with Gasteiger partial charge in [0.2, 0.25) is 11.8 Å². The number of nitrogens with zero attached hydrogens (tertiary/aromatic N) is 1. The lowest BCUT2D eigenvalue weighted by atomic mass is 10.0. The number of carbonyl (C=O) groups is 2. The third-order valence-corrected chi connectivity index (χ3v) is 5.43. The van der Waals surface area contributed by atoms with Crippen molar-refractivity contribution in [2.24, 2.45) is 5.92 Å². The van der Waals surface area contributed by atoms with Gasteiger partial charge in [-0.2, -0.15) is 0 Å². The molecule has 0 saturated carbocycles. The first kappa shape index (κ1) is 24.4. The molecule has 0 bridgehead atoms. The minimum atomic E-state index is -0.515. The van der Waals surface area contributed by atoms with Crippen LogP contribution in [0.2, 0.25) is 0 Å². The van der Waals surface area contributed by atoms with Crippen molar-refractivity contribution in [1.29, 1.82) is 0 Å². The topological polar surface area (TPSA) is 58.6 Å². The van der Waals surface area contributed by atoms with Crippen LogP contribution in [-0.4, -0.2) is 36.4 Å². The van der Waals surface area contributed by atoms with E-state index in [0.717, 1.165) is 28.0 Å². The van der Waals surface area contributed by atoms with Gasteiger partial charge in [0.25, 0.3) is 0 Å². The average molecular weight is 425 g/mol. The second-order valence-electron chi connectivity index (χ2n) is 8.54. The third kappa shape index (κ3) is 7.12. The molecule has 2 amide bonds. The number of hydrogen-bond acceptors (Lipinski definition) is 3. The highest BCUT2D eigenvalue weighted by Gasteiger charge is 2.29. The van der Waals surface area contributed by atoms with E-state index in [4.69, 9.17) is 4.74 Å². The second kappa shape index (κ2) is 11.5. The number of carbonyl (C=O) groups excluding carboxylic acids is 2. The molecule has 0 aromatic heterocycles. The Morgan fingerprint density at radius 2 is 1.74 bits per heavy atom. The largest absolute Gasteiger partial charge is 0.497 e. The van der Waals surface area contributed by atoms with Gasteiger partial charge in [0.1, 0.15) is 11.8 Å². The molecule has 2 rings (SSSR count). The number of aryl methyl sites for hydroxylation is 2. The number of methoxy groups -OCH3 is 1.